The zero-order valence-corrected chi connectivity index (χ0v) is 13.8. The second-order valence-corrected chi connectivity index (χ2v) is 6.95. The van der Waals surface area contributed by atoms with Gasteiger partial charge in [-0.15, -0.1) is 10.2 Å². The minimum Gasteiger partial charge on any atom is -0.416 e. The molecule has 0 spiro atoms. The maximum Gasteiger partial charge on any atom is 0.276 e. The van der Waals surface area contributed by atoms with E-state index in [1.54, 1.807) is 11.8 Å². The van der Waals surface area contributed by atoms with Crippen molar-refractivity contribution in [2.24, 2.45) is 0 Å². The number of nitrogens with zero attached hydrogens (tertiary/aromatic N) is 3. The maximum atomic E-state index is 5.88. The second-order valence-electron chi connectivity index (χ2n) is 6.02. The molecule has 0 N–H and O–H groups in total. The summed E-state index contributed by atoms with van der Waals surface area (Å²) in [6.07, 6.45) is 8.08. The van der Waals surface area contributed by atoms with Gasteiger partial charge in [0.05, 0.1) is 5.52 Å². The number of pyridine rings is 1. The van der Waals surface area contributed by atoms with Crippen LogP contribution in [0.4, 0.5) is 0 Å². The number of rotatable bonds is 4. The van der Waals surface area contributed by atoms with E-state index in [4.69, 9.17) is 4.42 Å². The molecule has 0 radical (unpaired) electrons. The van der Waals surface area contributed by atoms with Gasteiger partial charge in [-0.25, -0.2) is 0 Å². The molecule has 0 saturated heterocycles. The summed E-state index contributed by atoms with van der Waals surface area (Å²) in [6, 6.07) is 10.3. The van der Waals surface area contributed by atoms with Gasteiger partial charge in [-0.3, -0.25) is 4.98 Å². The Morgan fingerprint density at radius 2 is 1.91 bits per heavy atom. The second kappa shape index (κ2) is 6.71. The van der Waals surface area contributed by atoms with E-state index in [1.165, 1.54) is 43.1 Å². The summed E-state index contributed by atoms with van der Waals surface area (Å²) >= 11 is 1.59. The van der Waals surface area contributed by atoms with Gasteiger partial charge >= 0.3 is 0 Å². The molecule has 0 amide bonds. The molecule has 0 bridgehead atoms. The third kappa shape index (κ3) is 3.24. The van der Waals surface area contributed by atoms with Crippen molar-refractivity contribution < 1.29 is 4.42 Å². The van der Waals surface area contributed by atoms with Crippen molar-refractivity contribution in [3.63, 3.8) is 0 Å². The standard InChI is InChI=1S/C18H19N3OS/c1-2-6-14(7-3-1)17-20-21-18(22-17)23-12-15-9-4-8-13-10-5-11-19-16(13)15/h4-5,8-11,14H,1-3,6-7,12H2. The van der Waals surface area contributed by atoms with Gasteiger partial charge < -0.3 is 4.42 Å². The highest BCUT2D eigenvalue weighted by Gasteiger charge is 2.21. The van der Waals surface area contributed by atoms with E-state index in [-0.39, 0.29) is 0 Å². The van der Waals surface area contributed by atoms with Crippen LogP contribution in [-0.4, -0.2) is 15.2 Å². The molecule has 4 nitrogen and oxygen atoms in total. The number of benzene rings is 1. The topological polar surface area (TPSA) is 51.8 Å². The van der Waals surface area contributed by atoms with Crippen LogP contribution in [0.1, 0.15) is 49.5 Å². The smallest absolute Gasteiger partial charge is 0.276 e. The number of thioether (sulfide) groups is 1. The lowest BCUT2D eigenvalue weighted by Gasteiger charge is -2.17. The molecule has 23 heavy (non-hydrogen) atoms. The molecule has 1 saturated carbocycles. The normalized spacial score (nSPS) is 16.0. The molecule has 2 heterocycles. The van der Waals surface area contributed by atoms with Gasteiger partial charge in [-0.05, 0) is 24.5 Å². The Hall–Kier alpha value is -1.88. The number of para-hydroxylation sites is 1. The summed E-state index contributed by atoms with van der Waals surface area (Å²) in [6.45, 7) is 0. The first-order valence-corrected chi connectivity index (χ1v) is 9.17. The Kier molecular flexibility index (Phi) is 4.28. The van der Waals surface area contributed by atoms with Crippen LogP contribution in [0.5, 0.6) is 0 Å². The molecule has 118 valence electrons. The van der Waals surface area contributed by atoms with Gasteiger partial charge in [0.2, 0.25) is 5.89 Å². The summed E-state index contributed by atoms with van der Waals surface area (Å²) in [5, 5.41) is 10.3. The maximum absolute atomic E-state index is 5.88. The van der Waals surface area contributed by atoms with E-state index in [0.717, 1.165) is 17.2 Å². The van der Waals surface area contributed by atoms with Crippen LogP contribution >= 0.6 is 11.8 Å². The molecule has 0 unspecified atom stereocenters. The van der Waals surface area contributed by atoms with E-state index < -0.39 is 0 Å². The van der Waals surface area contributed by atoms with E-state index >= 15 is 0 Å². The first kappa shape index (κ1) is 14.7. The Balaban J connectivity index is 1.47. The van der Waals surface area contributed by atoms with E-state index in [2.05, 4.69) is 39.4 Å². The lowest BCUT2D eigenvalue weighted by molar-refractivity contribution is 0.334. The number of hydrogen-bond acceptors (Lipinski definition) is 5. The molecule has 2 aromatic heterocycles. The van der Waals surface area contributed by atoms with Crippen molar-refractivity contribution in [2.45, 2.75) is 49.0 Å². The Morgan fingerprint density at radius 3 is 2.83 bits per heavy atom. The third-order valence-corrected chi connectivity index (χ3v) is 5.31. The van der Waals surface area contributed by atoms with Crippen molar-refractivity contribution >= 4 is 22.7 Å². The summed E-state index contributed by atoms with van der Waals surface area (Å²) in [4.78, 5) is 4.49. The van der Waals surface area contributed by atoms with Gasteiger partial charge in [0.25, 0.3) is 5.22 Å². The molecule has 1 aliphatic rings. The van der Waals surface area contributed by atoms with Crippen molar-refractivity contribution in [1.82, 2.24) is 15.2 Å². The number of hydrogen-bond donors (Lipinski definition) is 0. The highest BCUT2D eigenvalue weighted by Crippen LogP contribution is 2.33. The monoisotopic (exact) mass is 325 g/mol. The molecule has 0 aliphatic heterocycles. The number of fused-ring (bicyclic) bond motifs is 1. The highest BCUT2D eigenvalue weighted by atomic mass is 32.2. The summed E-state index contributed by atoms with van der Waals surface area (Å²) in [7, 11) is 0. The zero-order valence-electron chi connectivity index (χ0n) is 12.9. The fraction of sp³-hybridized carbons (Fsp3) is 0.389. The van der Waals surface area contributed by atoms with Gasteiger partial charge in [-0.1, -0.05) is 55.3 Å². The quantitative estimate of drug-likeness (QED) is 0.635. The molecule has 5 heteroatoms. The predicted octanol–water partition coefficient (Wildman–Crippen LogP) is 4.96. The summed E-state index contributed by atoms with van der Waals surface area (Å²) in [5.41, 5.74) is 2.25. The van der Waals surface area contributed by atoms with E-state index in [1.807, 2.05) is 12.3 Å². The molecule has 4 rings (SSSR count). The molecular weight excluding hydrogens is 306 g/mol. The van der Waals surface area contributed by atoms with Crippen LogP contribution in [0.15, 0.2) is 46.2 Å². The average molecular weight is 325 g/mol. The lowest BCUT2D eigenvalue weighted by Crippen LogP contribution is -2.04. The van der Waals surface area contributed by atoms with Gasteiger partial charge in [0.15, 0.2) is 0 Å². The lowest BCUT2D eigenvalue weighted by atomic mass is 9.89. The van der Waals surface area contributed by atoms with Crippen LogP contribution in [0.2, 0.25) is 0 Å². The minimum atomic E-state index is 0.463. The molecule has 3 aromatic rings. The van der Waals surface area contributed by atoms with Crippen molar-refractivity contribution in [2.75, 3.05) is 0 Å². The van der Waals surface area contributed by atoms with E-state index in [0.29, 0.717) is 11.1 Å². The Bertz CT molecular complexity index is 790. The summed E-state index contributed by atoms with van der Waals surface area (Å²) < 4.78 is 5.88. The van der Waals surface area contributed by atoms with Gasteiger partial charge in [-0.2, -0.15) is 0 Å². The van der Waals surface area contributed by atoms with Crippen LogP contribution in [-0.2, 0) is 5.75 Å². The average Bonchev–Trinajstić information content (AvgIpc) is 3.10. The van der Waals surface area contributed by atoms with Crippen molar-refractivity contribution in [3.05, 3.63) is 48.0 Å². The fourth-order valence-corrected chi connectivity index (χ4v) is 3.97. The molecule has 1 aliphatic carbocycles. The largest absolute Gasteiger partial charge is 0.416 e. The number of aromatic nitrogens is 3. The van der Waals surface area contributed by atoms with E-state index in [9.17, 15) is 0 Å². The van der Waals surface area contributed by atoms with Crippen molar-refractivity contribution in [3.8, 4) is 0 Å². The first-order chi connectivity index (χ1) is 11.4. The molecule has 0 atom stereocenters. The van der Waals surface area contributed by atoms with Gasteiger partial charge in [0.1, 0.15) is 0 Å². The molecule has 1 aromatic carbocycles. The van der Waals surface area contributed by atoms with Crippen LogP contribution in [0.3, 0.4) is 0 Å². The first-order valence-electron chi connectivity index (χ1n) is 8.19. The van der Waals surface area contributed by atoms with Crippen LogP contribution in [0.25, 0.3) is 10.9 Å². The van der Waals surface area contributed by atoms with Gasteiger partial charge in [0, 0.05) is 23.3 Å². The third-order valence-electron chi connectivity index (χ3n) is 4.44. The fourth-order valence-electron chi connectivity index (χ4n) is 3.22. The SMILES string of the molecule is c1cnc2c(CSc3nnc(C4CCCCC4)o3)cccc2c1. The Labute approximate surface area is 139 Å². The molecule has 1 fully saturated rings. The van der Waals surface area contributed by atoms with Crippen LogP contribution in [0, 0.1) is 0 Å². The molecular formula is C18H19N3OS. The van der Waals surface area contributed by atoms with Crippen molar-refractivity contribution in [1.29, 1.82) is 0 Å². The minimum absolute atomic E-state index is 0.463. The predicted molar refractivity (Wildman–Crippen MR) is 91.4 cm³/mol. The highest BCUT2D eigenvalue weighted by molar-refractivity contribution is 7.98. The summed E-state index contributed by atoms with van der Waals surface area (Å²) in [5.74, 6) is 2.08. The van der Waals surface area contributed by atoms with Crippen LogP contribution < -0.4 is 0 Å². The Morgan fingerprint density at radius 1 is 1.04 bits per heavy atom. The zero-order chi connectivity index (χ0) is 15.5.